The maximum Gasteiger partial charge on any atom is 0.159 e. The van der Waals surface area contributed by atoms with Crippen molar-refractivity contribution < 1.29 is 8.42 Å². The third kappa shape index (κ3) is 2.01. The van der Waals surface area contributed by atoms with Gasteiger partial charge in [-0.05, 0) is 30.9 Å². The average Bonchev–Trinajstić information content (AvgIpc) is 2.46. The van der Waals surface area contributed by atoms with Crippen molar-refractivity contribution in [2.75, 3.05) is 0 Å². The van der Waals surface area contributed by atoms with Crippen LogP contribution in [0.1, 0.15) is 31.2 Å². The standard InChI is InChI=1S/C17H17NO2S/c19-21(20)14-6-2-7-15(21)11-13(10-14)16-8-1-4-12-5-3-9-18-17(12)16/h1,3-5,8-10,14-15H,2,6-7,11H2. The van der Waals surface area contributed by atoms with Crippen LogP contribution in [0.4, 0.5) is 0 Å². The van der Waals surface area contributed by atoms with Crippen LogP contribution in [0.2, 0.25) is 0 Å². The first-order valence-corrected chi connectivity index (χ1v) is 9.05. The summed E-state index contributed by atoms with van der Waals surface area (Å²) in [5.74, 6) is 0. The largest absolute Gasteiger partial charge is 0.256 e. The first-order chi connectivity index (χ1) is 10.2. The SMILES string of the molecule is O=S1(=O)C2C=C(c3cccc4cccnc34)CC1CCC2. The predicted molar refractivity (Wildman–Crippen MR) is 84.7 cm³/mol. The van der Waals surface area contributed by atoms with Gasteiger partial charge < -0.3 is 0 Å². The second-order valence-electron chi connectivity index (χ2n) is 5.96. The Hall–Kier alpha value is -1.68. The molecule has 2 aliphatic heterocycles. The zero-order chi connectivity index (χ0) is 14.4. The topological polar surface area (TPSA) is 47.0 Å². The van der Waals surface area contributed by atoms with E-state index in [2.05, 4.69) is 11.1 Å². The Kier molecular flexibility index (Phi) is 2.89. The number of aromatic nitrogens is 1. The van der Waals surface area contributed by atoms with E-state index < -0.39 is 9.84 Å². The fourth-order valence-corrected chi connectivity index (χ4v) is 5.87. The Labute approximate surface area is 124 Å². The van der Waals surface area contributed by atoms with Gasteiger partial charge in [-0.1, -0.05) is 36.8 Å². The number of para-hydroxylation sites is 1. The molecular weight excluding hydrogens is 282 g/mol. The van der Waals surface area contributed by atoms with Gasteiger partial charge in [0.05, 0.1) is 16.0 Å². The van der Waals surface area contributed by atoms with Crippen LogP contribution in [0.25, 0.3) is 16.5 Å². The third-order valence-electron chi connectivity index (χ3n) is 4.71. The molecule has 21 heavy (non-hydrogen) atoms. The molecule has 0 radical (unpaired) electrons. The highest BCUT2D eigenvalue weighted by Gasteiger charge is 2.40. The number of allylic oxidation sites excluding steroid dienone is 1. The van der Waals surface area contributed by atoms with Crippen LogP contribution in [-0.2, 0) is 9.84 Å². The second kappa shape index (κ2) is 4.67. The molecule has 4 rings (SSSR count). The van der Waals surface area contributed by atoms with Crippen LogP contribution in [0.5, 0.6) is 0 Å². The van der Waals surface area contributed by atoms with Gasteiger partial charge in [-0.25, -0.2) is 8.42 Å². The second-order valence-corrected chi connectivity index (χ2v) is 8.41. The van der Waals surface area contributed by atoms with Crippen LogP contribution in [-0.4, -0.2) is 23.9 Å². The number of sulfone groups is 1. The van der Waals surface area contributed by atoms with Crippen molar-refractivity contribution in [3.63, 3.8) is 0 Å². The van der Waals surface area contributed by atoms with Crippen LogP contribution in [0, 0.1) is 0 Å². The summed E-state index contributed by atoms with van der Waals surface area (Å²) in [4.78, 5) is 4.50. The van der Waals surface area contributed by atoms with E-state index in [-0.39, 0.29) is 10.5 Å². The zero-order valence-corrected chi connectivity index (χ0v) is 12.5. The summed E-state index contributed by atoms with van der Waals surface area (Å²) in [6.45, 7) is 0. The minimum absolute atomic E-state index is 0.199. The molecule has 2 bridgehead atoms. The van der Waals surface area contributed by atoms with E-state index in [0.29, 0.717) is 6.42 Å². The van der Waals surface area contributed by atoms with Crippen molar-refractivity contribution in [1.29, 1.82) is 0 Å². The van der Waals surface area contributed by atoms with Gasteiger partial charge in [0, 0.05) is 17.1 Å². The summed E-state index contributed by atoms with van der Waals surface area (Å²) in [5, 5.41) is 0.615. The highest BCUT2D eigenvalue weighted by molar-refractivity contribution is 7.93. The molecule has 0 amide bonds. The van der Waals surface area contributed by atoms with E-state index in [1.165, 1.54) is 0 Å². The van der Waals surface area contributed by atoms with Gasteiger partial charge in [0.25, 0.3) is 0 Å². The molecule has 1 saturated heterocycles. The van der Waals surface area contributed by atoms with Gasteiger partial charge in [-0.2, -0.15) is 0 Å². The molecule has 2 atom stereocenters. The summed E-state index contributed by atoms with van der Waals surface area (Å²) >= 11 is 0. The first kappa shape index (κ1) is 13.0. The maximum absolute atomic E-state index is 12.4. The molecule has 2 aliphatic rings. The Bertz CT molecular complexity index is 833. The van der Waals surface area contributed by atoms with Gasteiger partial charge >= 0.3 is 0 Å². The lowest BCUT2D eigenvalue weighted by atomic mass is 9.92. The highest BCUT2D eigenvalue weighted by Crippen LogP contribution is 2.40. The molecule has 0 aliphatic carbocycles. The molecule has 0 saturated carbocycles. The number of benzene rings is 1. The minimum Gasteiger partial charge on any atom is -0.256 e. The van der Waals surface area contributed by atoms with E-state index in [1.807, 2.05) is 30.3 Å². The van der Waals surface area contributed by atoms with Gasteiger partial charge in [0.15, 0.2) is 9.84 Å². The molecule has 2 unspecified atom stereocenters. The first-order valence-electron chi connectivity index (χ1n) is 7.44. The Morgan fingerprint density at radius 3 is 2.81 bits per heavy atom. The number of hydrogen-bond donors (Lipinski definition) is 0. The van der Waals surface area contributed by atoms with E-state index in [1.54, 1.807) is 6.20 Å². The number of rotatable bonds is 1. The van der Waals surface area contributed by atoms with Gasteiger partial charge in [0.1, 0.15) is 0 Å². The molecule has 1 aromatic heterocycles. The molecule has 0 N–H and O–H groups in total. The van der Waals surface area contributed by atoms with E-state index in [4.69, 9.17) is 0 Å². The van der Waals surface area contributed by atoms with Crippen molar-refractivity contribution in [2.24, 2.45) is 0 Å². The van der Waals surface area contributed by atoms with E-state index in [0.717, 1.165) is 41.3 Å². The van der Waals surface area contributed by atoms with Crippen LogP contribution < -0.4 is 0 Å². The van der Waals surface area contributed by atoms with Crippen molar-refractivity contribution >= 4 is 26.3 Å². The summed E-state index contributed by atoms with van der Waals surface area (Å²) in [6.07, 6.45) is 7.00. The molecule has 1 aromatic carbocycles. The number of nitrogens with zero attached hydrogens (tertiary/aromatic N) is 1. The van der Waals surface area contributed by atoms with Crippen molar-refractivity contribution in [3.05, 3.63) is 48.2 Å². The molecule has 3 heterocycles. The summed E-state index contributed by atoms with van der Waals surface area (Å²) in [7, 11) is -2.96. The average molecular weight is 299 g/mol. The molecule has 2 aromatic rings. The Morgan fingerprint density at radius 2 is 1.95 bits per heavy atom. The highest BCUT2D eigenvalue weighted by atomic mass is 32.2. The summed E-state index contributed by atoms with van der Waals surface area (Å²) in [6, 6.07) is 10.1. The predicted octanol–water partition coefficient (Wildman–Crippen LogP) is 3.36. The Balaban J connectivity index is 1.89. The molecule has 108 valence electrons. The number of fused-ring (bicyclic) bond motifs is 3. The fraction of sp³-hybridized carbons (Fsp3) is 0.353. The molecule has 4 heteroatoms. The summed E-state index contributed by atoms with van der Waals surface area (Å²) < 4.78 is 24.8. The quantitative estimate of drug-likeness (QED) is 0.811. The van der Waals surface area contributed by atoms with Gasteiger partial charge in [0.2, 0.25) is 0 Å². The van der Waals surface area contributed by atoms with Crippen molar-refractivity contribution in [3.8, 4) is 0 Å². The lowest BCUT2D eigenvalue weighted by Crippen LogP contribution is -2.38. The summed E-state index contributed by atoms with van der Waals surface area (Å²) in [5.41, 5.74) is 3.23. The fourth-order valence-electron chi connectivity index (χ4n) is 3.62. The lowest BCUT2D eigenvalue weighted by molar-refractivity contribution is 0.518. The van der Waals surface area contributed by atoms with E-state index >= 15 is 0 Å². The number of hydrogen-bond acceptors (Lipinski definition) is 3. The monoisotopic (exact) mass is 299 g/mol. The molecule has 3 nitrogen and oxygen atoms in total. The van der Waals surface area contributed by atoms with Crippen molar-refractivity contribution in [1.82, 2.24) is 4.98 Å². The Morgan fingerprint density at radius 1 is 1.10 bits per heavy atom. The smallest absolute Gasteiger partial charge is 0.159 e. The normalized spacial score (nSPS) is 27.3. The molecular formula is C17H17NO2S. The van der Waals surface area contributed by atoms with Crippen LogP contribution in [0.3, 0.4) is 0 Å². The van der Waals surface area contributed by atoms with Crippen molar-refractivity contribution in [2.45, 2.75) is 36.2 Å². The van der Waals surface area contributed by atoms with Crippen LogP contribution >= 0.6 is 0 Å². The number of pyridine rings is 1. The van der Waals surface area contributed by atoms with E-state index in [9.17, 15) is 8.42 Å². The minimum atomic E-state index is -2.96. The van der Waals surface area contributed by atoms with Crippen LogP contribution in [0.15, 0.2) is 42.6 Å². The molecule has 0 spiro atoms. The van der Waals surface area contributed by atoms with Gasteiger partial charge in [-0.3, -0.25) is 4.98 Å². The molecule has 1 fully saturated rings. The zero-order valence-electron chi connectivity index (χ0n) is 11.7. The lowest BCUT2D eigenvalue weighted by Gasteiger charge is -2.33. The third-order valence-corrected chi connectivity index (χ3v) is 7.26. The maximum atomic E-state index is 12.4. The van der Waals surface area contributed by atoms with Gasteiger partial charge in [-0.15, -0.1) is 0 Å².